The van der Waals surface area contributed by atoms with Crippen LogP contribution in [0.4, 0.5) is 138 Å². The molecule has 143 heavy (non-hydrogen) atoms. The van der Waals surface area contributed by atoms with E-state index in [1.54, 1.807) is 121 Å². The number of halogens is 35. The molecule has 0 radical (unpaired) electrons. The van der Waals surface area contributed by atoms with Crippen molar-refractivity contribution < 1.29 is 220 Å². The van der Waals surface area contributed by atoms with E-state index in [0.29, 0.717) is 50.1 Å². The van der Waals surface area contributed by atoms with Gasteiger partial charge in [0.05, 0.1) is 0 Å². The molecule has 0 spiro atoms. The first-order valence-electron chi connectivity index (χ1n) is 38.6. The van der Waals surface area contributed by atoms with Gasteiger partial charge in [0.25, 0.3) is 0 Å². The molecule has 50 heteroatoms. The van der Waals surface area contributed by atoms with Crippen LogP contribution in [0.1, 0.15) is 91.7 Å². The number of aromatic hydroxyl groups is 5. The number of phenols is 5. The predicted octanol–water partition coefficient (Wildman–Crippen LogP) is 33.9. The summed E-state index contributed by atoms with van der Waals surface area (Å²) in [4.78, 5) is 16.8. The van der Waals surface area contributed by atoms with E-state index in [9.17, 15) is 135 Å². The monoisotopic (exact) mass is 2390 g/mol. The van der Waals surface area contributed by atoms with E-state index in [-0.39, 0.29) is 56.6 Å². The Bertz CT molecular complexity index is 6450. The van der Waals surface area contributed by atoms with Crippen LogP contribution in [-0.4, -0.2) is 56.6 Å². The van der Waals surface area contributed by atoms with Gasteiger partial charge >= 0.3 is 178 Å². The van der Waals surface area contributed by atoms with Gasteiger partial charge in [-0.3, -0.25) is 0 Å². The van der Waals surface area contributed by atoms with Crippen molar-refractivity contribution in [1.29, 1.82) is 0 Å². The normalized spacial score (nSPS) is 10.8. The van der Waals surface area contributed by atoms with Gasteiger partial charge in [-0.15, -0.1) is 0 Å². The number of aryl methyl sites for hydroxylation is 7. The second kappa shape index (κ2) is 61.0. The zero-order valence-electron chi connectivity index (χ0n) is 73.5. The summed E-state index contributed by atoms with van der Waals surface area (Å²) in [6, 6.07) is 43.1. The number of rotatable bonds is 14. The van der Waals surface area contributed by atoms with Crippen molar-refractivity contribution in [3.63, 3.8) is 0 Å². The van der Waals surface area contributed by atoms with Gasteiger partial charge in [-0.25, -0.2) is 135 Å². The van der Waals surface area contributed by atoms with Crippen molar-refractivity contribution in [2.45, 2.75) is 67.7 Å². The van der Waals surface area contributed by atoms with E-state index in [0.717, 1.165) is 53.3 Å². The number of aliphatic imine (C=N–C) groups is 5. The van der Waals surface area contributed by atoms with Gasteiger partial charge in [-0.05, 0) is 152 Å². The van der Waals surface area contributed by atoms with Crippen molar-refractivity contribution in [3.8, 4) is 51.0 Å². The molecule has 13 aromatic carbocycles. The van der Waals surface area contributed by atoms with E-state index in [4.69, 9.17) is 93.0 Å². The summed E-state index contributed by atoms with van der Waals surface area (Å²) in [5.41, 5.74) is 1.54. The molecule has 754 valence electrons. The van der Waals surface area contributed by atoms with Crippen LogP contribution in [-0.2, 0) is 90.6 Å². The van der Waals surface area contributed by atoms with Gasteiger partial charge in [-0.1, -0.05) is 123 Å². The molecule has 10 nitrogen and oxygen atoms in total. The van der Waals surface area contributed by atoms with Crippen LogP contribution in [0.5, 0.6) is 28.7 Å². The van der Waals surface area contributed by atoms with E-state index in [1.165, 1.54) is 30.3 Å². The van der Waals surface area contributed by atoms with Crippen LogP contribution in [0.2, 0.25) is 0 Å². The fourth-order valence-corrected chi connectivity index (χ4v) is 12.2. The quantitative estimate of drug-likeness (QED) is 0.0240. The summed E-state index contributed by atoms with van der Waals surface area (Å²) >= 11 is -2.78. The van der Waals surface area contributed by atoms with Crippen molar-refractivity contribution in [1.82, 2.24) is 0 Å². The number of phenolic OH excluding ortho intramolecular Hbond substituents is 5. The van der Waals surface area contributed by atoms with Crippen LogP contribution < -0.4 is 0 Å². The Morgan fingerprint density at radius 1 is 0.224 bits per heavy atom. The molecule has 13 rings (SSSR count). The molecule has 5 N–H and O–H groups in total. The van der Waals surface area contributed by atoms with Crippen LogP contribution >= 0.6 is 93.0 Å². The molecule has 0 atom stereocenters. The molecule has 0 aromatic heterocycles. The molecule has 0 aliphatic rings. The Morgan fingerprint density at radius 2 is 0.420 bits per heavy atom. The van der Waals surface area contributed by atoms with Gasteiger partial charge in [0.15, 0.2) is 116 Å². The molecular weight excluding hydrogens is 2340 g/mol. The molecule has 0 aliphatic carbocycles. The van der Waals surface area contributed by atoms with Crippen molar-refractivity contribution in [2.24, 2.45) is 25.0 Å². The summed E-state index contributed by atoms with van der Waals surface area (Å²) in [6.45, 7) is 15.5. The minimum absolute atomic E-state index is 0.0674. The van der Waals surface area contributed by atoms with E-state index in [1.807, 2.05) is 62.4 Å². The Kier molecular flexibility index (Phi) is 54.3. The zero-order chi connectivity index (χ0) is 108. The Balaban J connectivity index is 0.000000361. The number of benzene rings is 13. The van der Waals surface area contributed by atoms with Gasteiger partial charge in [-0.2, -0.15) is 0 Å². The van der Waals surface area contributed by atoms with Crippen LogP contribution in [0.15, 0.2) is 177 Å². The average molecular weight is 2400 g/mol. The van der Waals surface area contributed by atoms with Crippen molar-refractivity contribution in [3.05, 3.63) is 375 Å². The van der Waals surface area contributed by atoms with E-state index in [2.05, 4.69) is 25.0 Å². The molecule has 0 saturated carbocycles. The molecular formula is C93H62Cl10F25N5O5Ti5. The molecule has 13 aromatic rings. The number of hydrogen-bond donors (Lipinski definition) is 5. The third kappa shape index (κ3) is 34.2. The molecule has 0 saturated heterocycles. The summed E-state index contributed by atoms with van der Waals surface area (Å²) in [5, 5.41) is 51.0. The SMILES string of the molecule is Cc1cc(-c2ccccc2)cc(C=Nc2c(F)c(F)c(F)c(F)c2F)c1O.Cc1cc(C)c(O)c(C=Nc2c(F)c(F)c(F)c(F)c2F)c1.Cc1cc(C)c(O)c(C=Nc2c(F)c(F)c(F)c(F)c2F)c1.Cc1cc(C=Nc2c(F)c(F)c(F)c(F)c2F)c(O)c(-c2ccccc2)c1.Cc1cc(C=Nc2c(F)c(F)c(F)c(F)c2F)c(O)c(C(C)(C)c2ccccc2)c1.[Cl][Ti][Cl].[Cl][Ti][Cl].[Cl][Ti][Cl].[Cl][Ti][Cl].[Cl][Ti][Cl]. The van der Waals surface area contributed by atoms with Crippen LogP contribution in [0, 0.1) is 194 Å². The molecule has 0 fully saturated rings. The molecule has 0 bridgehead atoms. The molecule has 0 unspecified atom stereocenters. The maximum atomic E-state index is 13.9. The van der Waals surface area contributed by atoms with Crippen molar-refractivity contribution in [2.75, 3.05) is 0 Å². The number of hydrogen-bond acceptors (Lipinski definition) is 10. The molecule has 0 aliphatic heterocycles. The first-order chi connectivity index (χ1) is 67.2. The topological polar surface area (TPSA) is 163 Å². The molecule has 0 heterocycles. The van der Waals surface area contributed by atoms with Crippen LogP contribution in [0.25, 0.3) is 22.3 Å². The van der Waals surface area contributed by atoms with Crippen LogP contribution in [0.3, 0.4) is 0 Å². The van der Waals surface area contributed by atoms with E-state index >= 15 is 0 Å². The van der Waals surface area contributed by atoms with E-state index < -0.39 is 264 Å². The van der Waals surface area contributed by atoms with Gasteiger partial charge < -0.3 is 25.5 Å². The maximum absolute atomic E-state index is 13.9. The minimum atomic E-state index is -2.26. The predicted molar refractivity (Wildman–Crippen MR) is 489 cm³/mol. The Labute approximate surface area is 882 Å². The third-order valence-electron chi connectivity index (χ3n) is 18.8. The van der Waals surface area contributed by atoms with Crippen molar-refractivity contribution >= 4 is 153 Å². The Hall–Kier alpha value is -8.07. The molecule has 0 amide bonds. The first-order valence-corrected chi connectivity index (χ1v) is 60.1. The average Bonchev–Trinajstić information content (AvgIpc) is 0.781. The second-order valence-corrected chi connectivity index (χ2v) is 41.6. The van der Waals surface area contributed by atoms with Gasteiger partial charge in [0.1, 0.15) is 57.2 Å². The number of nitrogens with zero attached hydrogens (tertiary/aromatic N) is 5. The summed E-state index contributed by atoms with van der Waals surface area (Å²) in [5.74, 6) is -53.5. The fraction of sp³-hybridized carbons (Fsp3) is 0.108. The summed E-state index contributed by atoms with van der Waals surface area (Å²) in [7, 11) is 48.9. The van der Waals surface area contributed by atoms with Gasteiger partial charge in [0.2, 0.25) is 29.1 Å². The summed E-state index contributed by atoms with van der Waals surface area (Å²) < 4.78 is 334. The van der Waals surface area contributed by atoms with Gasteiger partial charge in [0, 0.05) is 75.4 Å². The second-order valence-electron chi connectivity index (χ2n) is 28.7. The standard InChI is InChI=1S/C23H18F5NO.2C20H12F5NO.2C15H10F5NO.10ClH.5Ti/c1-12-9-13(11-29-21-19(27)17(25)16(24)18(26)20(21)28)22(30)15(10-12)23(2,3)14-7-5-4-6-8-14;1-10-7-12(11-5-3-2-4-6-11)8-13(20(10)27)9-26-19-17(24)15(22)14(21)16(23)18(19)25;1-10-7-12(20(27)13(8-10)11-5-3-2-4-6-11)9-26-19-17(24)15(22)14(21)16(23)18(19)25;2*1-6-3-7(2)15(22)8(4-6)5-21-14-12(19)10(17)9(16)11(18)13(14)20;;;;;;;;;;;;;;;/h4-11,30H,1-3H3;2*2-9,27H,1H3;2*3-5,22H,1-2H3;10*1H;;;;;/q;;;;;;;;;;;;;;;5*+2/p-10. The summed E-state index contributed by atoms with van der Waals surface area (Å²) in [6.07, 6.45) is 4.27. The third-order valence-corrected chi connectivity index (χ3v) is 18.8. The fourth-order valence-electron chi connectivity index (χ4n) is 12.2. The Morgan fingerprint density at radius 3 is 0.678 bits per heavy atom. The zero-order valence-corrected chi connectivity index (χ0v) is 88.9. The first kappa shape index (κ1) is 127.